The summed E-state index contributed by atoms with van der Waals surface area (Å²) in [6.07, 6.45) is -3.32. The molecule has 0 aliphatic heterocycles. The van der Waals surface area contributed by atoms with E-state index in [4.69, 9.17) is 10.5 Å². The summed E-state index contributed by atoms with van der Waals surface area (Å²) in [7, 11) is 1.35. The number of anilines is 1. The molecule has 19 heavy (non-hydrogen) atoms. The monoisotopic (exact) mass is 273 g/mol. The smallest absolute Gasteiger partial charge is 0.412 e. The first-order chi connectivity index (χ1) is 8.90. The summed E-state index contributed by atoms with van der Waals surface area (Å²) >= 11 is 0. The van der Waals surface area contributed by atoms with Gasteiger partial charge in [-0.2, -0.15) is 18.2 Å². The minimum absolute atomic E-state index is 0.0293. The van der Waals surface area contributed by atoms with Gasteiger partial charge in [-0.3, -0.25) is 4.57 Å². The second-order valence-electron chi connectivity index (χ2n) is 4.39. The molecule has 0 aromatic carbocycles. The van der Waals surface area contributed by atoms with E-state index < -0.39 is 11.7 Å². The molecule has 2 aromatic rings. The molecule has 6 nitrogen and oxygen atoms in total. The maximum Gasteiger partial charge on any atom is 0.412 e. The van der Waals surface area contributed by atoms with Crippen LogP contribution in [0.15, 0.2) is 6.33 Å². The minimum atomic E-state index is -4.40. The van der Waals surface area contributed by atoms with Crippen molar-refractivity contribution in [3.05, 3.63) is 6.33 Å². The van der Waals surface area contributed by atoms with E-state index in [0.29, 0.717) is 0 Å². The van der Waals surface area contributed by atoms with E-state index in [2.05, 4.69) is 15.0 Å². The van der Waals surface area contributed by atoms with Crippen molar-refractivity contribution >= 4 is 17.1 Å². The first-order valence-corrected chi connectivity index (χ1v) is 5.51. The van der Waals surface area contributed by atoms with Gasteiger partial charge < -0.3 is 10.5 Å². The van der Waals surface area contributed by atoms with E-state index in [1.54, 1.807) is 0 Å². The molecule has 0 bridgehead atoms. The molecule has 0 amide bonds. The number of rotatable bonds is 2. The van der Waals surface area contributed by atoms with Gasteiger partial charge in [0.05, 0.1) is 7.11 Å². The van der Waals surface area contributed by atoms with Crippen LogP contribution < -0.4 is 10.5 Å². The first-order valence-electron chi connectivity index (χ1n) is 5.51. The lowest BCUT2D eigenvalue weighted by Gasteiger charge is -2.22. The summed E-state index contributed by atoms with van der Waals surface area (Å²) in [5, 5.41) is 0. The van der Waals surface area contributed by atoms with Crippen LogP contribution in [0, 0.1) is 0 Å². The van der Waals surface area contributed by atoms with Crippen molar-refractivity contribution in [2.75, 3.05) is 12.8 Å². The maximum absolute atomic E-state index is 13.2. The summed E-state index contributed by atoms with van der Waals surface area (Å²) < 4.78 is 45.4. The second-order valence-corrected chi connectivity index (χ2v) is 4.39. The molecule has 3 rings (SSSR count). The van der Waals surface area contributed by atoms with Crippen molar-refractivity contribution < 1.29 is 17.9 Å². The number of methoxy groups -OCH3 is 1. The Bertz CT molecular complexity index is 646. The molecule has 2 N–H and O–H groups in total. The number of nitrogens with zero attached hydrogens (tertiary/aromatic N) is 4. The summed E-state index contributed by atoms with van der Waals surface area (Å²) in [5.74, 6) is -0.128. The van der Waals surface area contributed by atoms with Gasteiger partial charge >= 0.3 is 6.18 Å². The fourth-order valence-electron chi connectivity index (χ4n) is 2.21. The fraction of sp³-hybridized carbons (Fsp3) is 0.500. The van der Waals surface area contributed by atoms with Crippen molar-refractivity contribution in [1.82, 2.24) is 19.5 Å². The van der Waals surface area contributed by atoms with E-state index >= 15 is 0 Å². The predicted molar refractivity (Wildman–Crippen MR) is 59.6 cm³/mol. The lowest BCUT2D eigenvalue weighted by Crippen LogP contribution is -2.35. The highest BCUT2D eigenvalue weighted by Crippen LogP contribution is 2.57. The topological polar surface area (TPSA) is 78.8 Å². The number of alkyl halides is 3. The maximum atomic E-state index is 13.2. The van der Waals surface area contributed by atoms with Gasteiger partial charge in [0.25, 0.3) is 0 Å². The second kappa shape index (κ2) is 3.49. The highest BCUT2D eigenvalue weighted by atomic mass is 19.4. The van der Waals surface area contributed by atoms with Gasteiger partial charge in [-0.25, -0.2) is 9.97 Å². The lowest BCUT2D eigenvalue weighted by molar-refractivity contribution is -0.178. The van der Waals surface area contributed by atoms with Crippen molar-refractivity contribution in [3.63, 3.8) is 0 Å². The van der Waals surface area contributed by atoms with Gasteiger partial charge in [0.2, 0.25) is 11.8 Å². The van der Waals surface area contributed by atoms with Crippen LogP contribution in [0.4, 0.5) is 19.1 Å². The number of nitrogens with two attached hydrogens (primary N) is 1. The lowest BCUT2D eigenvalue weighted by atomic mass is 10.2. The Balaban J connectivity index is 2.29. The average Bonchev–Trinajstić information content (AvgIpc) is 3.06. The summed E-state index contributed by atoms with van der Waals surface area (Å²) in [5.41, 5.74) is 3.81. The highest BCUT2D eigenvalue weighted by molar-refractivity contribution is 5.79. The zero-order chi connectivity index (χ0) is 13.8. The minimum Gasteiger partial charge on any atom is -0.479 e. The summed E-state index contributed by atoms with van der Waals surface area (Å²) in [6.45, 7) is 0. The normalized spacial score (nSPS) is 17.7. The van der Waals surface area contributed by atoms with Gasteiger partial charge in [0, 0.05) is 0 Å². The molecular formula is C10H10F3N5O. The Morgan fingerprint density at radius 2 is 2.05 bits per heavy atom. The third-order valence-electron chi connectivity index (χ3n) is 3.31. The van der Waals surface area contributed by atoms with Crippen LogP contribution in [0.5, 0.6) is 5.88 Å². The molecule has 2 heterocycles. The van der Waals surface area contributed by atoms with Crippen molar-refractivity contribution in [3.8, 4) is 5.88 Å². The van der Waals surface area contributed by atoms with E-state index in [1.165, 1.54) is 7.11 Å². The number of halogens is 3. The largest absolute Gasteiger partial charge is 0.479 e. The number of aromatic nitrogens is 4. The fourth-order valence-corrected chi connectivity index (χ4v) is 2.21. The Morgan fingerprint density at radius 3 is 2.58 bits per heavy atom. The van der Waals surface area contributed by atoms with Crippen molar-refractivity contribution in [2.45, 2.75) is 24.6 Å². The number of imidazole rings is 1. The first kappa shape index (κ1) is 12.0. The quantitative estimate of drug-likeness (QED) is 0.896. The predicted octanol–water partition coefficient (Wildman–Crippen LogP) is 1.47. The molecule has 1 aliphatic carbocycles. The van der Waals surface area contributed by atoms with Crippen LogP contribution in [0.3, 0.4) is 0 Å². The molecule has 2 aromatic heterocycles. The molecule has 1 aliphatic rings. The van der Waals surface area contributed by atoms with E-state index in [9.17, 15) is 13.2 Å². The zero-order valence-electron chi connectivity index (χ0n) is 9.90. The molecule has 0 spiro atoms. The van der Waals surface area contributed by atoms with E-state index in [-0.39, 0.29) is 35.8 Å². The van der Waals surface area contributed by atoms with Crippen LogP contribution in [0.1, 0.15) is 12.8 Å². The van der Waals surface area contributed by atoms with E-state index in [1.807, 2.05) is 0 Å². The summed E-state index contributed by atoms with van der Waals surface area (Å²) in [4.78, 5) is 11.6. The van der Waals surface area contributed by atoms with E-state index in [0.717, 1.165) is 10.9 Å². The molecule has 1 saturated carbocycles. The molecule has 1 fully saturated rings. The van der Waals surface area contributed by atoms with Gasteiger partial charge in [-0.05, 0) is 12.8 Å². The average molecular weight is 273 g/mol. The Hall–Kier alpha value is -2.06. The third-order valence-corrected chi connectivity index (χ3v) is 3.31. The van der Waals surface area contributed by atoms with Gasteiger partial charge in [0.1, 0.15) is 11.9 Å². The third kappa shape index (κ3) is 1.47. The van der Waals surface area contributed by atoms with Crippen LogP contribution in [0.2, 0.25) is 0 Å². The Kier molecular flexibility index (Phi) is 2.20. The van der Waals surface area contributed by atoms with Crippen LogP contribution in [-0.4, -0.2) is 32.8 Å². The van der Waals surface area contributed by atoms with Crippen molar-refractivity contribution in [2.24, 2.45) is 0 Å². The number of nitrogen functional groups attached to an aromatic ring is 1. The Morgan fingerprint density at radius 1 is 1.37 bits per heavy atom. The van der Waals surface area contributed by atoms with Crippen molar-refractivity contribution in [1.29, 1.82) is 0 Å². The molecular weight excluding hydrogens is 263 g/mol. The Labute approximate surface area is 105 Å². The van der Waals surface area contributed by atoms with Crippen LogP contribution in [-0.2, 0) is 5.54 Å². The number of ether oxygens (including phenoxy) is 1. The van der Waals surface area contributed by atoms with Crippen LogP contribution >= 0.6 is 0 Å². The molecule has 9 heteroatoms. The molecule has 0 radical (unpaired) electrons. The van der Waals surface area contributed by atoms with Gasteiger partial charge in [-0.15, -0.1) is 0 Å². The molecule has 102 valence electrons. The molecule has 0 unspecified atom stereocenters. The molecule has 0 saturated heterocycles. The number of hydrogen-bond acceptors (Lipinski definition) is 5. The zero-order valence-corrected chi connectivity index (χ0v) is 9.90. The van der Waals surface area contributed by atoms with Gasteiger partial charge in [0.15, 0.2) is 11.2 Å². The van der Waals surface area contributed by atoms with Gasteiger partial charge in [-0.1, -0.05) is 0 Å². The highest BCUT2D eigenvalue weighted by Gasteiger charge is 2.66. The number of fused-ring (bicyclic) bond motifs is 1. The van der Waals surface area contributed by atoms with Crippen LogP contribution in [0.25, 0.3) is 11.2 Å². The standard InChI is InChI=1S/C10H10F3N5O/c1-19-7-5-6(15-4-16-7)18(8(14)17-5)9(2-3-9)10(11,12)13/h4H,2-3H2,1H3,(H2,14,17). The SMILES string of the molecule is COc1ncnc2c1nc(N)n2C1(C(F)(F)F)CC1. The number of hydrogen-bond donors (Lipinski definition) is 1. The summed E-state index contributed by atoms with van der Waals surface area (Å²) in [6, 6.07) is 0. The molecule has 0 atom stereocenters.